The molecule has 0 aromatic heterocycles. The molecule has 1 aliphatic rings. The van der Waals surface area contributed by atoms with Gasteiger partial charge >= 0.3 is 0 Å². The van der Waals surface area contributed by atoms with E-state index in [0.29, 0.717) is 18.0 Å². The number of likely N-dealkylation sites (N-methyl/N-ethyl adjacent to an activating group) is 1. The van der Waals surface area contributed by atoms with Crippen molar-refractivity contribution < 1.29 is 0 Å². The molecule has 108 valence electrons. The van der Waals surface area contributed by atoms with Crippen LogP contribution in [0.4, 0.5) is 0 Å². The van der Waals surface area contributed by atoms with E-state index in [1.165, 1.54) is 26.2 Å². The fraction of sp³-hybridized carbons (Fsp3) is 1.00. The molecule has 0 radical (unpaired) electrons. The quantitative estimate of drug-likeness (QED) is 0.782. The second kappa shape index (κ2) is 7.46. The highest BCUT2D eigenvalue weighted by atomic mass is 15.3. The van der Waals surface area contributed by atoms with E-state index in [4.69, 9.17) is 0 Å². The van der Waals surface area contributed by atoms with Crippen molar-refractivity contribution in [2.75, 3.05) is 39.8 Å². The first kappa shape index (κ1) is 15.9. The summed E-state index contributed by atoms with van der Waals surface area (Å²) in [6.45, 7) is 17.6. The minimum Gasteiger partial charge on any atom is -0.312 e. The molecule has 1 heterocycles. The summed E-state index contributed by atoms with van der Waals surface area (Å²) in [6.07, 6.45) is 0. The van der Waals surface area contributed by atoms with Gasteiger partial charge < -0.3 is 10.2 Å². The predicted octanol–water partition coefficient (Wildman–Crippen LogP) is 1.89. The molecule has 1 aliphatic heterocycles. The van der Waals surface area contributed by atoms with E-state index in [1.807, 2.05) is 0 Å². The highest BCUT2D eigenvalue weighted by Gasteiger charge is 2.25. The van der Waals surface area contributed by atoms with Crippen molar-refractivity contribution in [3.8, 4) is 0 Å². The molecule has 0 aromatic carbocycles. The summed E-state index contributed by atoms with van der Waals surface area (Å²) in [7, 11) is 2.22. The summed E-state index contributed by atoms with van der Waals surface area (Å²) >= 11 is 0. The Balaban J connectivity index is 2.44. The van der Waals surface area contributed by atoms with Crippen LogP contribution < -0.4 is 5.32 Å². The number of piperazine rings is 1. The Morgan fingerprint density at radius 2 is 1.44 bits per heavy atom. The molecule has 18 heavy (non-hydrogen) atoms. The fourth-order valence-corrected chi connectivity index (χ4v) is 2.48. The molecule has 0 aliphatic carbocycles. The molecule has 1 rings (SSSR count). The molecule has 3 nitrogen and oxygen atoms in total. The van der Waals surface area contributed by atoms with Gasteiger partial charge in [0.2, 0.25) is 0 Å². The molecule has 2 atom stereocenters. The Morgan fingerprint density at radius 3 is 1.89 bits per heavy atom. The second-order valence-electron chi connectivity index (χ2n) is 6.59. The third-order valence-electron chi connectivity index (χ3n) is 4.43. The van der Waals surface area contributed by atoms with Crippen molar-refractivity contribution >= 4 is 0 Å². The van der Waals surface area contributed by atoms with Crippen molar-refractivity contribution in [3.05, 3.63) is 0 Å². The third-order valence-corrected chi connectivity index (χ3v) is 4.43. The van der Waals surface area contributed by atoms with Crippen LogP contribution >= 0.6 is 0 Å². The highest BCUT2D eigenvalue weighted by Crippen LogP contribution is 2.13. The van der Waals surface area contributed by atoms with Gasteiger partial charge in [-0.25, -0.2) is 0 Å². The largest absolute Gasteiger partial charge is 0.312 e. The molecule has 0 amide bonds. The van der Waals surface area contributed by atoms with Gasteiger partial charge in [0.05, 0.1) is 0 Å². The lowest BCUT2D eigenvalue weighted by Crippen LogP contribution is -2.54. The van der Waals surface area contributed by atoms with Crippen molar-refractivity contribution in [2.24, 2.45) is 11.8 Å². The number of hydrogen-bond acceptors (Lipinski definition) is 3. The number of hydrogen-bond donors (Lipinski definition) is 1. The van der Waals surface area contributed by atoms with Crippen LogP contribution in [0.2, 0.25) is 0 Å². The smallest absolute Gasteiger partial charge is 0.0244 e. The van der Waals surface area contributed by atoms with Crippen LogP contribution in [0.5, 0.6) is 0 Å². The van der Waals surface area contributed by atoms with E-state index >= 15 is 0 Å². The lowest BCUT2D eigenvalue weighted by molar-refractivity contribution is 0.0854. The van der Waals surface area contributed by atoms with Crippen molar-refractivity contribution in [1.82, 2.24) is 15.1 Å². The van der Waals surface area contributed by atoms with Crippen LogP contribution in [0.1, 0.15) is 34.6 Å². The van der Waals surface area contributed by atoms with Gasteiger partial charge in [0.1, 0.15) is 0 Å². The molecule has 0 bridgehead atoms. The van der Waals surface area contributed by atoms with Gasteiger partial charge in [0.25, 0.3) is 0 Å². The standard InChI is InChI=1S/C15H33N3/c1-12(2)14(5)16-11-15(13(3)4)18-9-7-17(6)8-10-18/h12-16H,7-11H2,1-6H3. The molecule has 0 spiro atoms. The molecule has 2 unspecified atom stereocenters. The van der Waals surface area contributed by atoms with E-state index in [9.17, 15) is 0 Å². The Morgan fingerprint density at radius 1 is 0.889 bits per heavy atom. The predicted molar refractivity (Wildman–Crippen MR) is 80.0 cm³/mol. The van der Waals surface area contributed by atoms with Crippen molar-refractivity contribution in [2.45, 2.75) is 46.7 Å². The maximum absolute atomic E-state index is 3.72. The van der Waals surface area contributed by atoms with Gasteiger partial charge in [-0.3, -0.25) is 4.90 Å². The van der Waals surface area contributed by atoms with E-state index in [-0.39, 0.29) is 0 Å². The summed E-state index contributed by atoms with van der Waals surface area (Å²) in [5.41, 5.74) is 0. The lowest BCUT2D eigenvalue weighted by atomic mass is 10.00. The maximum Gasteiger partial charge on any atom is 0.0244 e. The van der Waals surface area contributed by atoms with Crippen molar-refractivity contribution in [3.63, 3.8) is 0 Å². The SMILES string of the molecule is CC(C)C(C)NCC(C(C)C)N1CCN(C)CC1. The molecule has 1 saturated heterocycles. The Bertz CT molecular complexity index is 220. The second-order valence-corrected chi connectivity index (χ2v) is 6.59. The number of nitrogens with one attached hydrogen (secondary N) is 1. The number of rotatable bonds is 6. The zero-order valence-corrected chi connectivity index (χ0v) is 13.2. The summed E-state index contributed by atoms with van der Waals surface area (Å²) in [4.78, 5) is 5.10. The van der Waals surface area contributed by atoms with Crippen LogP contribution in [0.25, 0.3) is 0 Å². The average Bonchev–Trinajstić information content (AvgIpc) is 2.30. The first-order chi connectivity index (χ1) is 8.41. The molecule has 3 heteroatoms. The van der Waals surface area contributed by atoms with Gasteiger partial charge in [-0.15, -0.1) is 0 Å². The zero-order valence-electron chi connectivity index (χ0n) is 13.2. The topological polar surface area (TPSA) is 18.5 Å². The first-order valence-electron chi connectivity index (χ1n) is 7.57. The van der Waals surface area contributed by atoms with Gasteiger partial charge in [-0.05, 0) is 25.8 Å². The summed E-state index contributed by atoms with van der Waals surface area (Å²) in [6, 6.07) is 1.29. The Hall–Kier alpha value is -0.120. The maximum atomic E-state index is 3.72. The van der Waals surface area contributed by atoms with Crippen LogP contribution in [-0.4, -0.2) is 61.7 Å². The minimum absolute atomic E-state index is 0.610. The van der Waals surface area contributed by atoms with Gasteiger partial charge in [-0.1, -0.05) is 27.7 Å². The van der Waals surface area contributed by atoms with E-state index < -0.39 is 0 Å². The van der Waals surface area contributed by atoms with Gasteiger partial charge in [0.15, 0.2) is 0 Å². The average molecular weight is 255 g/mol. The van der Waals surface area contributed by atoms with Gasteiger partial charge in [-0.2, -0.15) is 0 Å². The summed E-state index contributed by atoms with van der Waals surface area (Å²) in [5, 5.41) is 3.72. The van der Waals surface area contributed by atoms with Crippen LogP contribution in [-0.2, 0) is 0 Å². The fourth-order valence-electron chi connectivity index (χ4n) is 2.48. The molecule has 0 aromatic rings. The zero-order chi connectivity index (χ0) is 13.7. The molecular formula is C15H33N3. The highest BCUT2D eigenvalue weighted by molar-refractivity contribution is 4.82. The normalized spacial score (nSPS) is 22.7. The van der Waals surface area contributed by atoms with E-state index in [1.54, 1.807) is 0 Å². The first-order valence-corrected chi connectivity index (χ1v) is 7.57. The Kier molecular flexibility index (Phi) is 6.61. The summed E-state index contributed by atoms with van der Waals surface area (Å²) in [5.74, 6) is 1.44. The van der Waals surface area contributed by atoms with Crippen LogP contribution in [0, 0.1) is 11.8 Å². The third kappa shape index (κ3) is 4.87. The molecular weight excluding hydrogens is 222 g/mol. The van der Waals surface area contributed by atoms with Crippen LogP contribution in [0.3, 0.4) is 0 Å². The monoisotopic (exact) mass is 255 g/mol. The molecule has 0 saturated carbocycles. The van der Waals surface area contributed by atoms with Crippen molar-refractivity contribution in [1.29, 1.82) is 0 Å². The van der Waals surface area contributed by atoms with E-state index in [2.05, 4.69) is 56.8 Å². The molecule has 1 fully saturated rings. The van der Waals surface area contributed by atoms with E-state index in [0.717, 1.165) is 12.5 Å². The molecule has 1 N–H and O–H groups in total. The lowest BCUT2D eigenvalue weighted by Gasteiger charge is -2.40. The van der Waals surface area contributed by atoms with Gasteiger partial charge in [0, 0.05) is 44.8 Å². The Labute approximate surface area is 114 Å². The minimum atomic E-state index is 0.610. The summed E-state index contributed by atoms with van der Waals surface area (Å²) < 4.78 is 0. The number of nitrogens with zero attached hydrogens (tertiary/aromatic N) is 2. The van der Waals surface area contributed by atoms with Crippen LogP contribution in [0.15, 0.2) is 0 Å².